The Morgan fingerprint density at radius 3 is 2.08 bits per heavy atom. The Balaban J connectivity index is 2.24. The SMILES string of the molecule is CC(C)[Si](OC1=CCCCC1Cc1ccccc1)(C(C)C)C(C)C. The summed E-state index contributed by atoms with van der Waals surface area (Å²) in [4.78, 5) is 0. The van der Waals surface area contributed by atoms with Crippen molar-refractivity contribution in [1.29, 1.82) is 0 Å². The first kappa shape index (κ1) is 19.3. The van der Waals surface area contributed by atoms with Gasteiger partial charge in [-0.2, -0.15) is 0 Å². The summed E-state index contributed by atoms with van der Waals surface area (Å²) in [5.74, 6) is 1.87. The lowest BCUT2D eigenvalue weighted by Gasteiger charge is -2.44. The summed E-state index contributed by atoms with van der Waals surface area (Å²) >= 11 is 0. The smallest absolute Gasteiger partial charge is 0.258 e. The fourth-order valence-electron chi connectivity index (χ4n) is 4.70. The molecule has 2 heteroatoms. The molecule has 0 saturated heterocycles. The predicted octanol–water partition coefficient (Wildman–Crippen LogP) is 7.11. The number of benzene rings is 1. The van der Waals surface area contributed by atoms with Crippen LogP contribution < -0.4 is 0 Å². The Bertz CT molecular complexity index is 508. The van der Waals surface area contributed by atoms with Gasteiger partial charge < -0.3 is 4.43 Å². The highest BCUT2D eigenvalue weighted by atomic mass is 28.4. The lowest BCUT2D eigenvalue weighted by molar-refractivity contribution is 0.285. The van der Waals surface area contributed by atoms with Crippen molar-refractivity contribution in [3.8, 4) is 0 Å². The molecule has 0 N–H and O–H groups in total. The molecule has 2 rings (SSSR count). The Hall–Kier alpha value is -1.02. The second kappa shape index (κ2) is 8.38. The molecule has 24 heavy (non-hydrogen) atoms. The van der Waals surface area contributed by atoms with Gasteiger partial charge in [-0.15, -0.1) is 0 Å². The van der Waals surface area contributed by atoms with Crippen molar-refractivity contribution in [2.24, 2.45) is 5.92 Å². The Morgan fingerprint density at radius 2 is 1.54 bits per heavy atom. The molecule has 0 saturated carbocycles. The number of rotatable bonds is 7. The first-order valence-electron chi connectivity index (χ1n) is 9.80. The summed E-state index contributed by atoms with van der Waals surface area (Å²) in [5, 5.41) is 0. The topological polar surface area (TPSA) is 9.23 Å². The maximum absolute atomic E-state index is 7.05. The normalized spacial score (nSPS) is 19.0. The van der Waals surface area contributed by atoms with Gasteiger partial charge in [0, 0.05) is 5.92 Å². The van der Waals surface area contributed by atoms with E-state index in [1.54, 1.807) is 0 Å². The molecule has 0 heterocycles. The van der Waals surface area contributed by atoms with Crippen LogP contribution >= 0.6 is 0 Å². The van der Waals surface area contributed by atoms with Gasteiger partial charge in [0.25, 0.3) is 8.32 Å². The lowest BCUT2D eigenvalue weighted by Crippen LogP contribution is -2.48. The molecule has 0 fully saturated rings. The Morgan fingerprint density at radius 1 is 0.958 bits per heavy atom. The summed E-state index contributed by atoms with van der Waals surface area (Å²) in [6, 6.07) is 10.9. The van der Waals surface area contributed by atoms with E-state index in [-0.39, 0.29) is 0 Å². The van der Waals surface area contributed by atoms with Crippen LogP contribution in [0.5, 0.6) is 0 Å². The van der Waals surface area contributed by atoms with Gasteiger partial charge in [0.1, 0.15) is 0 Å². The summed E-state index contributed by atoms with van der Waals surface area (Å²) in [5.41, 5.74) is 3.35. The molecule has 1 aromatic carbocycles. The van der Waals surface area contributed by atoms with Crippen LogP contribution in [0.25, 0.3) is 0 Å². The quantitative estimate of drug-likeness (QED) is 0.479. The van der Waals surface area contributed by atoms with Gasteiger partial charge in [0.05, 0.1) is 5.76 Å². The molecule has 0 bridgehead atoms. The van der Waals surface area contributed by atoms with Gasteiger partial charge in [-0.05, 0) is 53.9 Å². The zero-order valence-corrected chi connectivity index (χ0v) is 17.5. The number of hydrogen-bond donors (Lipinski definition) is 0. The average molecular weight is 345 g/mol. The Kier molecular flexibility index (Phi) is 6.74. The van der Waals surface area contributed by atoms with E-state index in [0.717, 1.165) is 6.42 Å². The van der Waals surface area contributed by atoms with Crippen LogP contribution in [0.2, 0.25) is 16.6 Å². The second-order valence-corrected chi connectivity index (χ2v) is 13.7. The fourth-order valence-corrected chi connectivity index (χ4v) is 10.1. The summed E-state index contributed by atoms with van der Waals surface area (Å²) < 4.78 is 7.05. The maximum Gasteiger partial charge on any atom is 0.258 e. The third kappa shape index (κ3) is 4.14. The molecule has 1 aromatic rings. The first-order valence-corrected chi connectivity index (χ1v) is 11.9. The molecule has 1 nitrogen and oxygen atoms in total. The fraction of sp³-hybridized carbons (Fsp3) is 0.636. The zero-order valence-electron chi connectivity index (χ0n) is 16.5. The minimum atomic E-state index is -1.84. The highest BCUT2D eigenvalue weighted by Crippen LogP contribution is 2.45. The minimum Gasteiger partial charge on any atom is -0.546 e. The zero-order chi connectivity index (χ0) is 17.7. The van der Waals surface area contributed by atoms with Gasteiger partial charge in [0.15, 0.2) is 0 Å². The van der Waals surface area contributed by atoms with Gasteiger partial charge in [-0.1, -0.05) is 71.9 Å². The van der Waals surface area contributed by atoms with Crippen LogP contribution in [-0.2, 0) is 10.8 Å². The van der Waals surface area contributed by atoms with E-state index in [0.29, 0.717) is 22.5 Å². The Labute approximate surface area is 150 Å². The van der Waals surface area contributed by atoms with Crippen molar-refractivity contribution in [3.05, 3.63) is 47.7 Å². The molecule has 1 unspecified atom stereocenters. The van der Waals surface area contributed by atoms with Crippen LogP contribution in [0.1, 0.15) is 66.4 Å². The van der Waals surface area contributed by atoms with Crippen LogP contribution in [0, 0.1) is 5.92 Å². The molecular weight excluding hydrogens is 308 g/mol. The van der Waals surface area contributed by atoms with E-state index < -0.39 is 8.32 Å². The second-order valence-electron chi connectivity index (χ2n) is 8.34. The van der Waals surface area contributed by atoms with Gasteiger partial charge in [-0.25, -0.2) is 0 Å². The van der Waals surface area contributed by atoms with Gasteiger partial charge >= 0.3 is 0 Å². The van der Waals surface area contributed by atoms with Crippen molar-refractivity contribution in [1.82, 2.24) is 0 Å². The van der Waals surface area contributed by atoms with Crippen molar-refractivity contribution in [2.75, 3.05) is 0 Å². The first-order chi connectivity index (χ1) is 11.4. The third-order valence-electron chi connectivity index (χ3n) is 5.83. The molecule has 134 valence electrons. The van der Waals surface area contributed by atoms with E-state index in [9.17, 15) is 0 Å². The highest BCUT2D eigenvalue weighted by Gasteiger charge is 2.48. The molecule has 0 radical (unpaired) electrons. The van der Waals surface area contributed by atoms with Crippen LogP contribution in [0.15, 0.2) is 42.2 Å². The van der Waals surface area contributed by atoms with Crippen LogP contribution in [-0.4, -0.2) is 8.32 Å². The average Bonchev–Trinajstić information content (AvgIpc) is 2.54. The molecule has 1 aliphatic rings. The largest absolute Gasteiger partial charge is 0.546 e. The molecule has 0 amide bonds. The van der Waals surface area contributed by atoms with Crippen molar-refractivity contribution in [3.63, 3.8) is 0 Å². The summed E-state index contributed by atoms with van der Waals surface area (Å²) in [7, 11) is -1.84. The standard InChI is InChI=1S/C22H36OSi/c1-17(2)24(18(3)4,19(5)6)23-22-15-11-10-14-21(22)16-20-12-8-7-9-13-20/h7-9,12-13,15,17-19,21H,10-11,14,16H2,1-6H3. The van der Waals surface area contributed by atoms with Crippen molar-refractivity contribution in [2.45, 2.75) is 83.8 Å². The van der Waals surface area contributed by atoms with E-state index in [1.165, 1.54) is 30.6 Å². The molecule has 0 aliphatic heterocycles. The van der Waals surface area contributed by atoms with E-state index in [1.807, 2.05) is 0 Å². The predicted molar refractivity (Wildman–Crippen MR) is 108 cm³/mol. The van der Waals surface area contributed by atoms with E-state index in [4.69, 9.17) is 4.43 Å². The van der Waals surface area contributed by atoms with Gasteiger partial charge in [0.2, 0.25) is 0 Å². The van der Waals surface area contributed by atoms with Crippen molar-refractivity contribution >= 4 is 8.32 Å². The highest BCUT2D eigenvalue weighted by molar-refractivity contribution is 6.77. The van der Waals surface area contributed by atoms with Crippen LogP contribution in [0.4, 0.5) is 0 Å². The van der Waals surface area contributed by atoms with Crippen LogP contribution in [0.3, 0.4) is 0 Å². The lowest BCUT2D eigenvalue weighted by atomic mass is 9.88. The number of hydrogen-bond acceptors (Lipinski definition) is 1. The molecule has 0 aromatic heterocycles. The minimum absolute atomic E-state index is 0.560. The summed E-state index contributed by atoms with van der Waals surface area (Å²) in [6.45, 7) is 14.3. The molecular formula is C22H36OSi. The molecule has 1 atom stereocenters. The number of allylic oxidation sites excluding steroid dienone is 2. The van der Waals surface area contributed by atoms with E-state index >= 15 is 0 Å². The summed E-state index contributed by atoms with van der Waals surface area (Å²) in [6.07, 6.45) is 7.26. The molecule has 1 aliphatic carbocycles. The van der Waals surface area contributed by atoms with E-state index in [2.05, 4.69) is 78.0 Å². The van der Waals surface area contributed by atoms with Gasteiger partial charge in [-0.3, -0.25) is 0 Å². The monoisotopic (exact) mass is 344 g/mol. The molecule has 0 spiro atoms. The third-order valence-corrected chi connectivity index (χ3v) is 11.8. The van der Waals surface area contributed by atoms with Crippen molar-refractivity contribution < 1.29 is 4.43 Å². The maximum atomic E-state index is 7.05.